The van der Waals surface area contributed by atoms with Gasteiger partial charge in [-0.3, -0.25) is 4.79 Å². The lowest BCUT2D eigenvalue weighted by Crippen LogP contribution is -2.40. The van der Waals surface area contributed by atoms with E-state index in [0.717, 1.165) is 5.56 Å². The molecule has 0 saturated carbocycles. The molecule has 3 rings (SSSR count). The number of ether oxygens (including phenoxy) is 1. The van der Waals surface area contributed by atoms with Crippen LogP contribution >= 0.6 is 46.6 Å². The van der Waals surface area contributed by atoms with Crippen LogP contribution in [0.2, 0.25) is 15.1 Å². The summed E-state index contributed by atoms with van der Waals surface area (Å²) in [5.41, 5.74) is 1.21. The molecule has 0 spiro atoms. The first-order valence-corrected chi connectivity index (χ1v) is 13.2. The SMILES string of the molecule is O=C(NCCSCc1ccc(Cl)cc1Cl)c1ccc(Cl)c(S(=O)(=O)N2CCOCC2)c1. The predicted molar refractivity (Wildman–Crippen MR) is 126 cm³/mol. The molecular weight excluding hydrogens is 503 g/mol. The lowest BCUT2D eigenvalue weighted by molar-refractivity contribution is 0.0730. The summed E-state index contributed by atoms with van der Waals surface area (Å²) in [6.45, 7) is 1.59. The van der Waals surface area contributed by atoms with Crippen molar-refractivity contribution in [1.29, 1.82) is 0 Å². The number of morpholine rings is 1. The lowest BCUT2D eigenvalue weighted by atomic mass is 10.2. The first-order chi connectivity index (χ1) is 14.8. The Hall–Kier alpha value is -1.00. The zero-order valence-corrected chi connectivity index (χ0v) is 20.3. The molecule has 11 heteroatoms. The Morgan fingerprint density at radius 1 is 1.06 bits per heavy atom. The van der Waals surface area contributed by atoms with Crippen LogP contribution in [0.3, 0.4) is 0 Å². The minimum Gasteiger partial charge on any atom is -0.379 e. The topological polar surface area (TPSA) is 75.7 Å². The number of thioether (sulfide) groups is 1. The van der Waals surface area contributed by atoms with Gasteiger partial charge in [-0.1, -0.05) is 40.9 Å². The van der Waals surface area contributed by atoms with Crippen LogP contribution in [-0.4, -0.2) is 57.2 Å². The highest BCUT2D eigenvalue weighted by atomic mass is 35.5. The van der Waals surface area contributed by atoms with Crippen LogP contribution < -0.4 is 5.32 Å². The van der Waals surface area contributed by atoms with Gasteiger partial charge in [-0.2, -0.15) is 16.1 Å². The molecule has 168 valence electrons. The average molecular weight is 524 g/mol. The average Bonchev–Trinajstić information content (AvgIpc) is 2.75. The predicted octanol–water partition coefficient (Wildman–Crippen LogP) is 4.33. The Bertz CT molecular complexity index is 1040. The van der Waals surface area contributed by atoms with Crippen LogP contribution in [0.4, 0.5) is 0 Å². The normalized spacial score (nSPS) is 15.1. The summed E-state index contributed by atoms with van der Waals surface area (Å²) in [4.78, 5) is 12.4. The van der Waals surface area contributed by atoms with Gasteiger partial charge in [-0.15, -0.1) is 0 Å². The Kier molecular flexibility index (Phi) is 8.92. The maximum atomic E-state index is 12.9. The van der Waals surface area contributed by atoms with Crippen molar-refractivity contribution in [2.45, 2.75) is 10.6 Å². The van der Waals surface area contributed by atoms with Gasteiger partial charge in [0.15, 0.2) is 0 Å². The van der Waals surface area contributed by atoms with Crippen LogP contribution in [0, 0.1) is 0 Å². The molecule has 6 nitrogen and oxygen atoms in total. The summed E-state index contributed by atoms with van der Waals surface area (Å²) in [6.07, 6.45) is 0. The first kappa shape index (κ1) is 24.6. The number of hydrogen-bond donors (Lipinski definition) is 1. The van der Waals surface area contributed by atoms with E-state index in [1.54, 1.807) is 23.9 Å². The van der Waals surface area contributed by atoms with E-state index < -0.39 is 10.0 Å². The van der Waals surface area contributed by atoms with Gasteiger partial charge in [-0.05, 0) is 35.9 Å². The highest BCUT2D eigenvalue weighted by Crippen LogP contribution is 2.27. The molecule has 2 aromatic carbocycles. The number of nitrogens with zero attached hydrogens (tertiary/aromatic N) is 1. The smallest absolute Gasteiger partial charge is 0.251 e. The van der Waals surface area contributed by atoms with Crippen molar-refractivity contribution in [2.75, 3.05) is 38.6 Å². The zero-order valence-electron chi connectivity index (χ0n) is 16.4. The van der Waals surface area contributed by atoms with Crippen molar-refractivity contribution in [3.05, 3.63) is 62.6 Å². The Balaban J connectivity index is 1.56. The highest BCUT2D eigenvalue weighted by Gasteiger charge is 2.29. The van der Waals surface area contributed by atoms with Gasteiger partial charge in [0.25, 0.3) is 5.91 Å². The molecular formula is C20H21Cl3N2O4S2. The summed E-state index contributed by atoms with van der Waals surface area (Å²) in [5.74, 6) is 0.992. The van der Waals surface area contributed by atoms with Crippen molar-refractivity contribution in [3.8, 4) is 0 Å². The first-order valence-electron chi connectivity index (χ1n) is 9.46. The summed E-state index contributed by atoms with van der Waals surface area (Å²) in [5, 5.41) is 4.08. The van der Waals surface area contributed by atoms with Gasteiger partial charge in [0.05, 0.1) is 18.2 Å². The van der Waals surface area contributed by atoms with Crippen LogP contribution in [0.15, 0.2) is 41.3 Å². The van der Waals surface area contributed by atoms with Crippen molar-refractivity contribution in [3.63, 3.8) is 0 Å². The second kappa shape index (κ2) is 11.2. The van der Waals surface area contributed by atoms with Gasteiger partial charge in [0.1, 0.15) is 4.90 Å². The van der Waals surface area contributed by atoms with E-state index in [1.165, 1.54) is 22.5 Å². The van der Waals surface area contributed by atoms with Gasteiger partial charge >= 0.3 is 0 Å². The fourth-order valence-electron chi connectivity index (χ4n) is 2.93. The maximum Gasteiger partial charge on any atom is 0.251 e. The highest BCUT2D eigenvalue weighted by molar-refractivity contribution is 7.98. The molecule has 1 aliphatic rings. The standard InChI is InChI=1S/C20H21Cl3N2O4S2/c21-16-3-1-15(18(23)12-16)13-30-10-5-24-20(26)14-2-4-17(22)19(11-14)31(27,28)25-6-8-29-9-7-25/h1-4,11-12H,5-10,13H2,(H,24,26). The summed E-state index contributed by atoms with van der Waals surface area (Å²) in [6, 6.07) is 9.62. The Labute approximate surface area is 201 Å². The Morgan fingerprint density at radius 2 is 1.81 bits per heavy atom. The van der Waals surface area contributed by atoms with Crippen molar-refractivity contribution in [1.82, 2.24) is 9.62 Å². The summed E-state index contributed by atoms with van der Waals surface area (Å²) < 4.78 is 32.3. The van der Waals surface area contributed by atoms with E-state index in [9.17, 15) is 13.2 Å². The van der Waals surface area contributed by atoms with E-state index in [1.807, 2.05) is 6.07 Å². The number of hydrogen-bond acceptors (Lipinski definition) is 5. The third-order valence-electron chi connectivity index (χ3n) is 4.59. The third-order valence-corrected chi connectivity index (χ3v) is 8.56. The molecule has 1 saturated heterocycles. The van der Waals surface area contributed by atoms with Gasteiger partial charge in [-0.25, -0.2) is 8.42 Å². The van der Waals surface area contributed by atoms with E-state index in [-0.39, 0.29) is 34.5 Å². The molecule has 0 aliphatic carbocycles. The van der Waals surface area contributed by atoms with Gasteiger partial charge < -0.3 is 10.1 Å². The molecule has 1 heterocycles. The molecule has 0 atom stereocenters. The zero-order chi connectivity index (χ0) is 22.4. The van der Waals surface area contributed by atoms with E-state index in [4.69, 9.17) is 39.5 Å². The third kappa shape index (κ3) is 6.51. The fourth-order valence-corrected chi connectivity index (χ4v) is 6.25. The van der Waals surface area contributed by atoms with Crippen molar-refractivity contribution < 1.29 is 17.9 Å². The maximum absolute atomic E-state index is 12.9. The second-order valence-electron chi connectivity index (χ2n) is 6.71. The van der Waals surface area contributed by atoms with Crippen LogP contribution in [0.1, 0.15) is 15.9 Å². The number of benzene rings is 2. The monoisotopic (exact) mass is 522 g/mol. The van der Waals surface area contributed by atoms with Gasteiger partial charge in [0, 0.05) is 46.7 Å². The van der Waals surface area contributed by atoms with Crippen molar-refractivity contribution in [2.24, 2.45) is 0 Å². The Morgan fingerprint density at radius 3 is 2.52 bits per heavy atom. The molecule has 31 heavy (non-hydrogen) atoms. The number of carbonyl (C=O) groups excluding carboxylic acids is 1. The molecule has 0 bridgehead atoms. The molecule has 1 N–H and O–H groups in total. The quantitative estimate of drug-likeness (QED) is 0.521. The minimum absolute atomic E-state index is 0.0736. The summed E-state index contributed by atoms with van der Waals surface area (Å²) >= 11 is 19.8. The number of carbonyl (C=O) groups is 1. The van der Waals surface area contributed by atoms with E-state index in [2.05, 4.69) is 5.32 Å². The van der Waals surface area contributed by atoms with Crippen LogP contribution in [0.5, 0.6) is 0 Å². The molecule has 0 radical (unpaired) electrons. The number of halogens is 3. The minimum atomic E-state index is -3.80. The number of rotatable bonds is 8. The lowest BCUT2D eigenvalue weighted by Gasteiger charge is -2.26. The molecule has 1 aliphatic heterocycles. The second-order valence-corrected chi connectivity index (χ2v) is 11.0. The number of nitrogens with one attached hydrogen (secondary N) is 1. The van der Waals surface area contributed by atoms with Crippen LogP contribution in [0.25, 0.3) is 0 Å². The molecule has 1 fully saturated rings. The molecule has 0 aromatic heterocycles. The molecule has 2 aromatic rings. The largest absolute Gasteiger partial charge is 0.379 e. The van der Waals surface area contributed by atoms with E-state index >= 15 is 0 Å². The molecule has 1 amide bonds. The fraction of sp³-hybridized carbons (Fsp3) is 0.350. The number of amides is 1. The summed E-state index contributed by atoms with van der Waals surface area (Å²) in [7, 11) is -3.80. The van der Waals surface area contributed by atoms with Crippen molar-refractivity contribution >= 4 is 62.5 Å². The van der Waals surface area contributed by atoms with Gasteiger partial charge in [0.2, 0.25) is 10.0 Å². The van der Waals surface area contributed by atoms with Crippen LogP contribution in [-0.2, 0) is 20.5 Å². The number of sulfonamides is 1. The van der Waals surface area contributed by atoms with E-state index in [0.29, 0.717) is 41.3 Å². The molecule has 0 unspecified atom stereocenters.